The molecule has 2 aromatic carbocycles. The van der Waals surface area contributed by atoms with Crippen LogP contribution in [-0.4, -0.2) is 7.05 Å². The molecule has 2 aromatic rings. The summed E-state index contributed by atoms with van der Waals surface area (Å²) < 4.78 is 13.3. The third-order valence-electron chi connectivity index (χ3n) is 3.67. The minimum atomic E-state index is -0.205. The van der Waals surface area contributed by atoms with Gasteiger partial charge in [0.2, 0.25) is 0 Å². The Morgan fingerprint density at radius 1 is 1.15 bits per heavy atom. The van der Waals surface area contributed by atoms with Gasteiger partial charge in [0.05, 0.1) is 0 Å². The quantitative estimate of drug-likeness (QED) is 0.868. The van der Waals surface area contributed by atoms with Gasteiger partial charge >= 0.3 is 0 Å². The van der Waals surface area contributed by atoms with E-state index in [1.54, 1.807) is 12.1 Å². The van der Waals surface area contributed by atoms with E-state index in [1.807, 2.05) is 26.1 Å². The van der Waals surface area contributed by atoms with Gasteiger partial charge in [0, 0.05) is 11.1 Å². The highest BCUT2D eigenvalue weighted by Gasteiger charge is 2.15. The molecule has 0 heterocycles. The molecule has 0 aliphatic carbocycles. The SMILES string of the molecule is CNC(Cc1cccc(F)c1)c1cc(C)c(C)cc1Cl. The van der Waals surface area contributed by atoms with Gasteiger partial charge in [-0.15, -0.1) is 0 Å². The van der Waals surface area contributed by atoms with E-state index in [4.69, 9.17) is 11.6 Å². The lowest BCUT2D eigenvalue weighted by Crippen LogP contribution is -2.19. The normalized spacial score (nSPS) is 12.4. The Kier molecular flexibility index (Phi) is 4.79. The molecule has 0 bridgehead atoms. The number of hydrogen-bond acceptors (Lipinski definition) is 1. The minimum absolute atomic E-state index is 0.0728. The van der Waals surface area contributed by atoms with Crippen LogP contribution in [0.2, 0.25) is 5.02 Å². The van der Waals surface area contributed by atoms with Crippen molar-refractivity contribution in [2.75, 3.05) is 7.05 Å². The number of nitrogens with one attached hydrogen (secondary N) is 1. The first-order chi connectivity index (χ1) is 9.51. The van der Waals surface area contributed by atoms with Gasteiger partial charge in [-0.25, -0.2) is 4.39 Å². The molecule has 0 aliphatic heterocycles. The molecule has 0 spiro atoms. The molecule has 1 unspecified atom stereocenters. The van der Waals surface area contributed by atoms with Crippen molar-refractivity contribution in [2.45, 2.75) is 26.3 Å². The second-order valence-electron chi connectivity index (χ2n) is 5.13. The van der Waals surface area contributed by atoms with Crippen molar-refractivity contribution in [1.29, 1.82) is 0 Å². The number of aryl methyl sites for hydroxylation is 2. The third-order valence-corrected chi connectivity index (χ3v) is 3.99. The number of halogens is 2. The fraction of sp³-hybridized carbons (Fsp3) is 0.294. The molecule has 0 fully saturated rings. The second-order valence-corrected chi connectivity index (χ2v) is 5.54. The molecule has 1 nitrogen and oxygen atoms in total. The number of benzene rings is 2. The molecule has 0 aliphatic rings. The number of likely N-dealkylation sites (N-methyl/N-ethyl adjacent to an activating group) is 1. The molecule has 0 aromatic heterocycles. The van der Waals surface area contributed by atoms with E-state index in [0.717, 1.165) is 16.1 Å². The molecule has 0 amide bonds. The van der Waals surface area contributed by atoms with Gasteiger partial charge in [0.25, 0.3) is 0 Å². The van der Waals surface area contributed by atoms with Crippen molar-refractivity contribution in [3.63, 3.8) is 0 Å². The van der Waals surface area contributed by atoms with Gasteiger partial charge in [-0.05, 0) is 67.8 Å². The first-order valence-electron chi connectivity index (χ1n) is 6.69. The van der Waals surface area contributed by atoms with Gasteiger partial charge in [-0.2, -0.15) is 0 Å². The summed E-state index contributed by atoms with van der Waals surface area (Å²) in [6, 6.07) is 10.9. The smallest absolute Gasteiger partial charge is 0.123 e. The summed E-state index contributed by atoms with van der Waals surface area (Å²) in [5.41, 5.74) is 4.41. The standard InChI is InChI=1S/C17H19ClFN/c1-11-7-15(16(18)8-12(11)2)17(20-3)10-13-5-4-6-14(19)9-13/h4-9,17,20H,10H2,1-3H3. The second kappa shape index (κ2) is 6.38. The third kappa shape index (κ3) is 3.38. The molecule has 3 heteroatoms. The summed E-state index contributed by atoms with van der Waals surface area (Å²) in [7, 11) is 1.90. The van der Waals surface area contributed by atoms with Gasteiger partial charge in [-0.3, -0.25) is 0 Å². The van der Waals surface area contributed by atoms with Gasteiger partial charge in [0.1, 0.15) is 5.82 Å². The van der Waals surface area contributed by atoms with E-state index in [0.29, 0.717) is 6.42 Å². The van der Waals surface area contributed by atoms with Crippen molar-refractivity contribution in [3.05, 3.63) is 69.5 Å². The van der Waals surface area contributed by atoms with Crippen LogP contribution in [0.4, 0.5) is 4.39 Å². The zero-order valence-electron chi connectivity index (χ0n) is 12.0. The first kappa shape index (κ1) is 15.0. The average molecular weight is 292 g/mol. The highest BCUT2D eigenvalue weighted by Crippen LogP contribution is 2.28. The Bertz CT molecular complexity index is 610. The highest BCUT2D eigenvalue weighted by atomic mass is 35.5. The lowest BCUT2D eigenvalue weighted by atomic mass is 9.96. The summed E-state index contributed by atoms with van der Waals surface area (Å²) in [6.07, 6.45) is 0.705. The number of rotatable bonds is 4. The van der Waals surface area contributed by atoms with E-state index in [1.165, 1.54) is 17.2 Å². The molecule has 0 saturated heterocycles. The van der Waals surface area contributed by atoms with Crippen LogP contribution in [0.3, 0.4) is 0 Å². The number of hydrogen-bond donors (Lipinski definition) is 1. The van der Waals surface area contributed by atoms with Crippen LogP contribution in [-0.2, 0) is 6.42 Å². The minimum Gasteiger partial charge on any atom is -0.313 e. The molecule has 20 heavy (non-hydrogen) atoms. The largest absolute Gasteiger partial charge is 0.313 e. The van der Waals surface area contributed by atoms with Crippen LogP contribution in [0.5, 0.6) is 0 Å². The summed E-state index contributed by atoms with van der Waals surface area (Å²) in [6.45, 7) is 4.12. The zero-order valence-corrected chi connectivity index (χ0v) is 12.8. The molecule has 1 atom stereocenters. The maximum absolute atomic E-state index is 13.3. The molecule has 0 saturated carbocycles. The summed E-state index contributed by atoms with van der Waals surface area (Å²) in [5.74, 6) is -0.205. The summed E-state index contributed by atoms with van der Waals surface area (Å²) >= 11 is 6.36. The highest BCUT2D eigenvalue weighted by molar-refractivity contribution is 6.31. The van der Waals surface area contributed by atoms with E-state index >= 15 is 0 Å². The van der Waals surface area contributed by atoms with Crippen LogP contribution >= 0.6 is 11.6 Å². The maximum Gasteiger partial charge on any atom is 0.123 e. The van der Waals surface area contributed by atoms with Gasteiger partial charge in [-0.1, -0.05) is 29.8 Å². The first-order valence-corrected chi connectivity index (χ1v) is 7.07. The van der Waals surface area contributed by atoms with Crippen LogP contribution in [0.15, 0.2) is 36.4 Å². The fourth-order valence-electron chi connectivity index (χ4n) is 2.34. The Hall–Kier alpha value is -1.38. The van der Waals surface area contributed by atoms with Crippen LogP contribution in [0.1, 0.15) is 28.3 Å². The van der Waals surface area contributed by atoms with Crippen LogP contribution in [0.25, 0.3) is 0 Å². The van der Waals surface area contributed by atoms with E-state index < -0.39 is 0 Å². The molecule has 2 rings (SSSR count). The molecule has 106 valence electrons. The summed E-state index contributed by atoms with van der Waals surface area (Å²) in [5, 5.41) is 4.02. The van der Waals surface area contributed by atoms with E-state index in [2.05, 4.69) is 18.3 Å². The predicted octanol–water partition coefficient (Wildman–Crippen LogP) is 4.60. The van der Waals surface area contributed by atoms with Gasteiger partial charge < -0.3 is 5.32 Å². The summed E-state index contributed by atoms with van der Waals surface area (Å²) in [4.78, 5) is 0. The van der Waals surface area contributed by atoms with E-state index in [-0.39, 0.29) is 11.9 Å². The molecule has 1 N–H and O–H groups in total. The predicted molar refractivity (Wildman–Crippen MR) is 82.8 cm³/mol. The zero-order chi connectivity index (χ0) is 14.7. The van der Waals surface area contributed by atoms with Crippen LogP contribution in [0, 0.1) is 19.7 Å². The lowest BCUT2D eigenvalue weighted by Gasteiger charge is -2.19. The van der Waals surface area contributed by atoms with Crippen molar-refractivity contribution in [2.24, 2.45) is 0 Å². The topological polar surface area (TPSA) is 12.0 Å². The Morgan fingerprint density at radius 3 is 2.50 bits per heavy atom. The fourth-order valence-corrected chi connectivity index (χ4v) is 2.69. The monoisotopic (exact) mass is 291 g/mol. The molecular formula is C17H19ClFN. The Balaban J connectivity index is 2.31. The molecule has 0 radical (unpaired) electrons. The van der Waals surface area contributed by atoms with Crippen molar-refractivity contribution in [1.82, 2.24) is 5.32 Å². The van der Waals surface area contributed by atoms with Crippen LogP contribution < -0.4 is 5.32 Å². The lowest BCUT2D eigenvalue weighted by molar-refractivity contribution is 0.584. The van der Waals surface area contributed by atoms with Crippen molar-refractivity contribution in [3.8, 4) is 0 Å². The molecular weight excluding hydrogens is 273 g/mol. The average Bonchev–Trinajstić information content (AvgIpc) is 2.40. The Labute approximate surface area is 124 Å². The van der Waals surface area contributed by atoms with Gasteiger partial charge in [0.15, 0.2) is 0 Å². The maximum atomic E-state index is 13.3. The van der Waals surface area contributed by atoms with Crippen molar-refractivity contribution < 1.29 is 4.39 Å². The van der Waals surface area contributed by atoms with Crippen molar-refractivity contribution >= 4 is 11.6 Å². The van der Waals surface area contributed by atoms with E-state index in [9.17, 15) is 4.39 Å². The Morgan fingerprint density at radius 2 is 1.85 bits per heavy atom.